The van der Waals surface area contributed by atoms with Crippen LogP contribution in [0.3, 0.4) is 0 Å². The molecular weight excluding hydrogens is 300 g/mol. The fourth-order valence-electron chi connectivity index (χ4n) is 3.22. The second-order valence-electron chi connectivity index (χ2n) is 7.02. The first-order chi connectivity index (χ1) is 11.6. The average Bonchev–Trinajstić information content (AvgIpc) is 2.81. The van der Waals surface area contributed by atoms with Crippen LogP contribution in [0.25, 0.3) is 0 Å². The normalized spacial score (nSPS) is 11.1. The quantitative estimate of drug-likeness (QED) is 0.401. The molecule has 0 amide bonds. The predicted molar refractivity (Wildman–Crippen MR) is 99.7 cm³/mol. The lowest BCUT2D eigenvalue weighted by Crippen LogP contribution is -1.93. The summed E-state index contributed by atoms with van der Waals surface area (Å²) >= 11 is 0. The summed E-state index contributed by atoms with van der Waals surface area (Å²) < 4.78 is 6.04. The van der Waals surface area contributed by atoms with Gasteiger partial charge in [0.25, 0.3) is 0 Å². The number of unbranched alkanes of at least 4 members (excludes halogenated alkanes) is 8. The molecule has 0 unspecified atom stereocenters. The van der Waals surface area contributed by atoms with E-state index >= 15 is 0 Å². The first-order valence-corrected chi connectivity index (χ1v) is 9.85. The molecule has 3 heteroatoms. The van der Waals surface area contributed by atoms with Crippen LogP contribution < -0.4 is 0 Å². The van der Waals surface area contributed by atoms with Gasteiger partial charge in [0.1, 0.15) is 11.5 Å². The van der Waals surface area contributed by atoms with E-state index in [-0.39, 0.29) is 0 Å². The van der Waals surface area contributed by atoms with Gasteiger partial charge in [0.15, 0.2) is 0 Å². The van der Waals surface area contributed by atoms with Crippen LogP contribution in [0, 0.1) is 13.8 Å². The molecule has 0 aliphatic carbocycles. The van der Waals surface area contributed by atoms with Crippen LogP contribution in [-0.4, -0.2) is 11.1 Å². The standard InChI is InChI=1S/C21H36O3/c1-4-14-19-17(2)18(3)20(24-19)15-12-10-8-6-5-7-9-11-13-16-21(22)23/h4-16H2,1-3H3,(H,22,23). The van der Waals surface area contributed by atoms with Crippen molar-refractivity contribution in [2.45, 2.75) is 104 Å². The molecule has 0 aliphatic heterocycles. The van der Waals surface area contributed by atoms with Crippen molar-refractivity contribution in [1.29, 1.82) is 0 Å². The molecule has 0 aliphatic rings. The summed E-state index contributed by atoms with van der Waals surface area (Å²) in [4.78, 5) is 10.4. The van der Waals surface area contributed by atoms with E-state index in [1.54, 1.807) is 0 Å². The van der Waals surface area contributed by atoms with Crippen LogP contribution in [0.15, 0.2) is 4.42 Å². The molecule has 0 fully saturated rings. The van der Waals surface area contributed by atoms with Crippen molar-refractivity contribution in [2.24, 2.45) is 0 Å². The molecule has 1 aromatic rings. The maximum Gasteiger partial charge on any atom is 0.303 e. The van der Waals surface area contributed by atoms with Crippen LogP contribution in [-0.2, 0) is 17.6 Å². The van der Waals surface area contributed by atoms with Crippen molar-refractivity contribution in [1.82, 2.24) is 0 Å². The zero-order valence-corrected chi connectivity index (χ0v) is 16.0. The van der Waals surface area contributed by atoms with Crippen LogP contribution in [0.5, 0.6) is 0 Å². The summed E-state index contributed by atoms with van der Waals surface area (Å²) in [6.07, 6.45) is 14.3. The summed E-state index contributed by atoms with van der Waals surface area (Å²) in [5, 5.41) is 8.57. The largest absolute Gasteiger partial charge is 0.481 e. The SMILES string of the molecule is CCCc1oc(CCCCCCCCCCCC(=O)O)c(C)c1C. The van der Waals surface area contributed by atoms with Crippen molar-refractivity contribution >= 4 is 5.97 Å². The smallest absolute Gasteiger partial charge is 0.303 e. The third-order valence-corrected chi connectivity index (χ3v) is 4.92. The molecule has 138 valence electrons. The highest BCUT2D eigenvalue weighted by Crippen LogP contribution is 2.24. The van der Waals surface area contributed by atoms with E-state index < -0.39 is 5.97 Å². The fourth-order valence-corrected chi connectivity index (χ4v) is 3.22. The molecule has 0 spiro atoms. The minimum absolute atomic E-state index is 0.325. The second-order valence-corrected chi connectivity index (χ2v) is 7.02. The minimum atomic E-state index is -0.668. The zero-order chi connectivity index (χ0) is 17.8. The van der Waals surface area contributed by atoms with Crippen molar-refractivity contribution in [3.8, 4) is 0 Å². The van der Waals surface area contributed by atoms with Gasteiger partial charge in [-0.05, 0) is 44.2 Å². The van der Waals surface area contributed by atoms with E-state index in [0.717, 1.165) is 32.1 Å². The van der Waals surface area contributed by atoms with Gasteiger partial charge in [0, 0.05) is 19.3 Å². The molecule has 0 aromatic carbocycles. The lowest BCUT2D eigenvalue weighted by atomic mass is 10.0. The molecule has 0 saturated heterocycles. The molecule has 3 nitrogen and oxygen atoms in total. The number of aliphatic carboxylic acids is 1. The number of carboxylic acids is 1. The van der Waals surface area contributed by atoms with Crippen molar-refractivity contribution in [3.05, 3.63) is 22.6 Å². The highest BCUT2D eigenvalue weighted by atomic mass is 16.4. The van der Waals surface area contributed by atoms with E-state index in [9.17, 15) is 4.79 Å². The third kappa shape index (κ3) is 8.03. The molecule has 1 aromatic heterocycles. The number of hydrogen-bond donors (Lipinski definition) is 1. The van der Waals surface area contributed by atoms with Gasteiger partial charge in [-0.3, -0.25) is 4.79 Å². The Hall–Kier alpha value is -1.25. The summed E-state index contributed by atoms with van der Waals surface area (Å²) in [5.74, 6) is 1.72. The van der Waals surface area contributed by atoms with Crippen molar-refractivity contribution in [3.63, 3.8) is 0 Å². The number of carbonyl (C=O) groups is 1. The van der Waals surface area contributed by atoms with Gasteiger partial charge in [-0.1, -0.05) is 51.9 Å². The molecule has 0 saturated carbocycles. The average molecular weight is 337 g/mol. The van der Waals surface area contributed by atoms with Gasteiger partial charge in [0.05, 0.1) is 0 Å². The summed E-state index contributed by atoms with van der Waals surface area (Å²) in [6.45, 7) is 6.57. The fraction of sp³-hybridized carbons (Fsp3) is 0.762. The molecule has 24 heavy (non-hydrogen) atoms. The van der Waals surface area contributed by atoms with Gasteiger partial charge in [-0.25, -0.2) is 0 Å². The van der Waals surface area contributed by atoms with Crippen LogP contribution in [0.1, 0.15) is 100 Å². The first kappa shape index (κ1) is 20.8. The monoisotopic (exact) mass is 336 g/mol. The van der Waals surface area contributed by atoms with E-state index in [1.165, 1.54) is 67.6 Å². The Morgan fingerprint density at radius 2 is 1.25 bits per heavy atom. The molecular formula is C21H36O3. The van der Waals surface area contributed by atoms with E-state index in [0.29, 0.717) is 6.42 Å². The number of furan rings is 1. The third-order valence-electron chi connectivity index (χ3n) is 4.92. The van der Waals surface area contributed by atoms with Crippen LogP contribution in [0.2, 0.25) is 0 Å². The topological polar surface area (TPSA) is 50.4 Å². The lowest BCUT2D eigenvalue weighted by molar-refractivity contribution is -0.137. The van der Waals surface area contributed by atoms with Crippen LogP contribution >= 0.6 is 0 Å². The number of rotatable bonds is 14. The van der Waals surface area contributed by atoms with Gasteiger partial charge in [0.2, 0.25) is 0 Å². The zero-order valence-electron chi connectivity index (χ0n) is 16.0. The Kier molecular flexibility index (Phi) is 10.5. The summed E-state index contributed by atoms with van der Waals surface area (Å²) in [6, 6.07) is 0. The predicted octanol–water partition coefficient (Wildman–Crippen LogP) is 6.38. The maximum atomic E-state index is 10.4. The molecule has 0 bridgehead atoms. The van der Waals surface area contributed by atoms with Gasteiger partial charge < -0.3 is 9.52 Å². The number of hydrogen-bond acceptors (Lipinski definition) is 2. The van der Waals surface area contributed by atoms with Gasteiger partial charge in [-0.2, -0.15) is 0 Å². The van der Waals surface area contributed by atoms with Crippen LogP contribution in [0.4, 0.5) is 0 Å². The Morgan fingerprint density at radius 1 is 0.792 bits per heavy atom. The van der Waals surface area contributed by atoms with E-state index in [1.807, 2.05) is 0 Å². The molecule has 0 radical (unpaired) electrons. The maximum absolute atomic E-state index is 10.4. The summed E-state index contributed by atoms with van der Waals surface area (Å²) in [5.41, 5.74) is 2.72. The number of aryl methyl sites for hydroxylation is 2. The molecule has 0 atom stereocenters. The Morgan fingerprint density at radius 3 is 1.75 bits per heavy atom. The highest BCUT2D eigenvalue weighted by molar-refractivity contribution is 5.66. The number of carboxylic acid groups (broad SMARTS) is 1. The first-order valence-electron chi connectivity index (χ1n) is 9.85. The van der Waals surface area contributed by atoms with Crippen molar-refractivity contribution in [2.75, 3.05) is 0 Å². The Balaban J connectivity index is 2.02. The highest BCUT2D eigenvalue weighted by Gasteiger charge is 2.12. The molecule has 1 N–H and O–H groups in total. The molecule has 1 rings (SSSR count). The lowest BCUT2D eigenvalue weighted by Gasteiger charge is -2.02. The van der Waals surface area contributed by atoms with Gasteiger partial charge in [-0.15, -0.1) is 0 Å². The minimum Gasteiger partial charge on any atom is -0.481 e. The Labute approximate surface area is 147 Å². The Bertz CT molecular complexity index is 474. The molecule has 1 heterocycles. The van der Waals surface area contributed by atoms with Gasteiger partial charge >= 0.3 is 5.97 Å². The second kappa shape index (κ2) is 12.2. The van der Waals surface area contributed by atoms with E-state index in [4.69, 9.17) is 9.52 Å². The summed E-state index contributed by atoms with van der Waals surface area (Å²) in [7, 11) is 0. The van der Waals surface area contributed by atoms with Crippen molar-refractivity contribution < 1.29 is 14.3 Å². The van der Waals surface area contributed by atoms with E-state index in [2.05, 4.69) is 20.8 Å².